The van der Waals surface area contributed by atoms with E-state index in [0.29, 0.717) is 27.2 Å². The van der Waals surface area contributed by atoms with Crippen LogP contribution in [-0.2, 0) is 9.59 Å². The molecule has 2 saturated heterocycles. The molecule has 0 saturated carbocycles. The molecular weight excluding hydrogens is 491 g/mol. The molecule has 2 fully saturated rings. The monoisotopic (exact) mass is 506 g/mol. The SMILES string of the molecule is O=C(CN1C(=O)S/C(=C\c2cc(Cl)cc(I)c2O)C1=O)N1CCCCC1. The highest BCUT2D eigenvalue weighted by Crippen LogP contribution is 2.36. The first-order valence-electron chi connectivity index (χ1n) is 8.08. The molecule has 6 nitrogen and oxygen atoms in total. The summed E-state index contributed by atoms with van der Waals surface area (Å²) >= 11 is 8.68. The zero-order valence-electron chi connectivity index (χ0n) is 13.7. The van der Waals surface area contributed by atoms with Crippen LogP contribution in [0.3, 0.4) is 0 Å². The summed E-state index contributed by atoms with van der Waals surface area (Å²) in [5.41, 5.74) is 0.356. The molecule has 3 amide bonds. The fourth-order valence-corrected chi connectivity index (χ4v) is 4.74. The van der Waals surface area contributed by atoms with E-state index in [4.69, 9.17) is 11.6 Å². The van der Waals surface area contributed by atoms with E-state index in [-0.39, 0.29) is 23.1 Å². The molecule has 0 aliphatic carbocycles. The third-order valence-corrected chi connectivity index (χ3v) is 6.17. The number of halogens is 2. The van der Waals surface area contributed by atoms with Crippen LogP contribution in [0.4, 0.5) is 4.79 Å². The second-order valence-electron chi connectivity index (χ2n) is 6.03. The van der Waals surface area contributed by atoms with Gasteiger partial charge >= 0.3 is 0 Å². The highest BCUT2D eigenvalue weighted by atomic mass is 127. The molecule has 0 unspecified atom stereocenters. The van der Waals surface area contributed by atoms with Crippen molar-refractivity contribution in [3.63, 3.8) is 0 Å². The van der Waals surface area contributed by atoms with Crippen molar-refractivity contribution in [3.8, 4) is 5.75 Å². The number of carbonyl (C=O) groups excluding carboxylic acids is 3. The van der Waals surface area contributed by atoms with Gasteiger partial charge in [-0.25, -0.2) is 0 Å². The molecule has 2 heterocycles. The number of thioether (sulfide) groups is 1. The summed E-state index contributed by atoms with van der Waals surface area (Å²) < 4.78 is 0.542. The Balaban J connectivity index is 1.77. The number of phenols is 1. The molecule has 1 aromatic rings. The molecule has 138 valence electrons. The Bertz CT molecular complexity index is 808. The average Bonchev–Trinajstić information content (AvgIpc) is 2.87. The maximum atomic E-state index is 12.5. The Morgan fingerprint density at radius 1 is 1.27 bits per heavy atom. The number of imide groups is 1. The van der Waals surface area contributed by atoms with Crippen LogP contribution < -0.4 is 0 Å². The van der Waals surface area contributed by atoms with Gasteiger partial charge in [0, 0.05) is 23.7 Å². The van der Waals surface area contributed by atoms with Gasteiger partial charge in [-0.15, -0.1) is 0 Å². The largest absolute Gasteiger partial charge is 0.506 e. The fourth-order valence-electron chi connectivity index (χ4n) is 2.85. The predicted molar refractivity (Wildman–Crippen MR) is 109 cm³/mol. The summed E-state index contributed by atoms with van der Waals surface area (Å²) in [6, 6.07) is 3.11. The second-order valence-corrected chi connectivity index (χ2v) is 8.63. The topological polar surface area (TPSA) is 77.9 Å². The summed E-state index contributed by atoms with van der Waals surface area (Å²) in [6.07, 6.45) is 4.41. The van der Waals surface area contributed by atoms with Crippen LogP contribution in [0, 0.1) is 3.57 Å². The van der Waals surface area contributed by atoms with Crippen LogP contribution >= 0.6 is 46.0 Å². The number of amides is 3. The van der Waals surface area contributed by atoms with Crippen LogP contribution in [0.1, 0.15) is 24.8 Å². The van der Waals surface area contributed by atoms with Gasteiger partial charge in [-0.2, -0.15) is 0 Å². The third-order valence-electron chi connectivity index (χ3n) is 4.22. The minimum atomic E-state index is -0.528. The van der Waals surface area contributed by atoms with Crippen molar-refractivity contribution in [1.29, 1.82) is 0 Å². The lowest BCUT2D eigenvalue weighted by Gasteiger charge is -2.27. The first-order valence-corrected chi connectivity index (χ1v) is 10.4. The first-order chi connectivity index (χ1) is 12.4. The highest BCUT2D eigenvalue weighted by Gasteiger charge is 2.37. The molecule has 2 aliphatic rings. The van der Waals surface area contributed by atoms with E-state index in [1.807, 2.05) is 22.6 Å². The van der Waals surface area contributed by atoms with E-state index in [1.54, 1.807) is 11.0 Å². The molecule has 2 aliphatic heterocycles. The fraction of sp³-hybridized carbons (Fsp3) is 0.353. The van der Waals surface area contributed by atoms with E-state index >= 15 is 0 Å². The van der Waals surface area contributed by atoms with Crippen molar-refractivity contribution in [2.45, 2.75) is 19.3 Å². The normalized spacial score (nSPS) is 19.5. The third kappa shape index (κ3) is 4.17. The molecule has 0 bridgehead atoms. The zero-order chi connectivity index (χ0) is 18.8. The Hall–Kier alpha value is -1.26. The zero-order valence-corrected chi connectivity index (χ0v) is 17.4. The van der Waals surface area contributed by atoms with E-state index in [1.165, 1.54) is 12.1 Å². The molecule has 1 N–H and O–H groups in total. The number of likely N-dealkylation sites (tertiary alicyclic amines) is 1. The molecule has 0 aromatic heterocycles. The van der Waals surface area contributed by atoms with Crippen LogP contribution in [0.5, 0.6) is 5.75 Å². The Morgan fingerprint density at radius 3 is 2.65 bits per heavy atom. The van der Waals surface area contributed by atoms with Crippen molar-refractivity contribution in [1.82, 2.24) is 9.80 Å². The van der Waals surface area contributed by atoms with Crippen molar-refractivity contribution in [2.24, 2.45) is 0 Å². The summed E-state index contributed by atoms with van der Waals surface area (Å²) in [7, 11) is 0. The van der Waals surface area contributed by atoms with Gasteiger partial charge in [0.15, 0.2) is 0 Å². The summed E-state index contributed by atoms with van der Waals surface area (Å²) in [5, 5.41) is 10.1. The summed E-state index contributed by atoms with van der Waals surface area (Å²) in [5.74, 6) is -0.751. The van der Waals surface area contributed by atoms with Gasteiger partial charge in [-0.1, -0.05) is 11.6 Å². The summed E-state index contributed by atoms with van der Waals surface area (Å²) in [4.78, 5) is 39.9. The van der Waals surface area contributed by atoms with Gasteiger partial charge in [0.1, 0.15) is 12.3 Å². The molecule has 0 atom stereocenters. The smallest absolute Gasteiger partial charge is 0.294 e. The predicted octanol–water partition coefficient (Wildman–Crippen LogP) is 3.70. The average molecular weight is 507 g/mol. The van der Waals surface area contributed by atoms with Crippen LogP contribution in [0.25, 0.3) is 6.08 Å². The number of hydrogen-bond acceptors (Lipinski definition) is 5. The Kier molecular flexibility index (Phi) is 6.13. The van der Waals surface area contributed by atoms with Gasteiger partial charge in [-0.05, 0) is 71.8 Å². The van der Waals surface area contributed by atoms with Gasteiger partial charge < -0.3 is 10.0 Å². The van der Waals surface area contributed by atoms with Crippen molar-refractivity contribution in [3.05, 3.63) is 31.2 Å². The van der Waals surface area contributed by atoms with E-state index < -0.39 is 11.1 Å². The number of rotatable bonds is 3. The Labute approximate surface area is 173 Å². The standard InChI is InChI=1S/C17H16ClIN2O4S/c18-11-6-10(15(23)12(19)8-11)7-13-16(24)21(17(25)26-13)9-14(22)20-4-2-1-3-5-20/h6-8,23H,1-5,9H2/b13-7-. The van der Waals surface area contributed by atoms with Crippen molar-refractivity contribution in [2.75, 3.05) is 19.6 Å². The number of aromatic hydroxyl groups is 1. The number of piperidine rings is 1. The number of nitrogens with zero attached hydrogens (tertiary/aromatic N) is 2. The van der Waals surface area contributed by atoms with Crippen molar-refractivity contribution >= 4 is 69.1 Å². The van der Waals surface area contributed by atoms with Gasteiger partial charge in [0.25, 0.3) is 11.1 Å². The van der Waals surface area contributed by atoms with Gasteiger partial charge in [-0.3, -0.25) is 19.3 Å². The Morgan fingerprint density at radius 2 is 1.96 bits per heavy atom. The van der Waals surface area contributed by atoms with Crippen molar-refractivity contribution < 1.29 is 19.5 Å². The lowest BCUT2D eigenvalue weighted by Crippen LogP contribution is -2.44. The van der Waals surface area contributed by atoms with E-state index in [9.17, 15) is 19.5 Å². The van der Waals surface area contributed by atoms with E-state index in [2.05, 4.69) is 0 Å². The molecule has 1 aromatic carbocycles. The minimum absolute atomic E-state index is 0.00816. The molecule has 26 heavy (non-hydrogen) atoms. The van der Waals surface area contributed by atoms with Crippen LogP contribution in [0.2, 0.25) is 5.02 Å². The molecule has 9 heteroatoms. The summed E-state index contributed by atoms with van der Waals surface area (Å²) in [6.45, 7) is 1.08. The number of phenolic OH excluding ortho intramolecular Hbond substituents is 1. The minimum Gasteiger partial charge on any atom is -0.506 e. The molecular formula is C17H16ClIN2O4S. The molecule has 0 radical (unpaired) electrons. The van der Waals surface area contributed by atoms with E-state index in [0.717, 1.165) is 35.9 Å². The first kappa shape index (κ1) is 19.5. The number of hydrogen-bond donors (Lipinski definition) is 1. The molecule has 0 spiro atoms. The molecule has 3 rings (SSSR count). The maximum Gasteiger partial charge on any atom is 0.294 e. The quantitative estimate of drug-likeness (QED) is 0.500. The lowest BCUT2D eigenvalue weighted by atomic mass is 10.1. The van der Waals surface area contributed by atoms with Crippen LogP contribution in [-0.4, -0.2) is 51.6 Å². The maximum absolute atomic E-state index is 12.5. The van der Waals surface area contributed by atoms with Gasteiger partial charge in [0.05, 0.1) is 8.48 Å². The highest BCUT2D eigenvalue weighted by molar-refractivity contribution is 14.1. The second kappa shape index (κ2) is 8.18. The lowest BCUT2D eigenvalue weighted by molar-refractivity contribution is -0.136. The van der Waals surface area contributed by atoms with Gasteiger partial charge in [0.2, 0.25) is 5.91 Å². The number of carbonyl (C=O) groups is 3. The number of benzene rings is 1. The van der Waals surface area contributed by atoms with Crippen LogP contribution in [0.15, 0.2) is 17.0 Å².